The van der Waals surface area contributed by atoms with Gasteiger partial charge in [-0.05, 0) is 150 Å². The number of benzene rings is 2. The van der Waals surface area contributed by atoms with Crippen LogP contribution in [0.2, 0.25) is 5.15 Å². The number of alkyl halides is 9. The molecule has 47 heteroatoms. The van der Waals surface area contributed by atoms with E-state index in [1.807, 2.05) is 23.6 Å². The largest absolute Gasteiger partial charge is 0.522 e. The molecule has 2 saturated carbocycles. The van der Waals surface area contributed by atoms with E-state index in [1.54, 1.807) is 36.4 Å². The van der Waals surface area contributed by atoms with Crippen molar-refractivity contribution >= 4 is 112 Å². The van der Waals surface area contributed by atoms with Gasteiger partial charge in [-0.25, -0.2) is 41.3 Å². The van der Waals surface area contributed by atoms with Crippen molar-refractivity contribution in [2.45, 2.75) is 144 Å². The molecule has 2 atom stereocenters. The molecule has 6 heterocycles. The van der Waals surface area contributed by atoms with Crippen LogP contribution in [0.15, 0.2) is 107 Å². The first kappa shape index (κ1) is 96.1. The summed E-state index contributed by atoms with van der Waals surface area (Å²) in [7, 11) is -25.6. The number of halogens is 12. The average Bonchev–Trinajstić information content (AvgIpc) is 1.52. The number of carbonyl (C=O) groups excluding carboxylic acids is 2. The standard InChI is InChI=1S/C28H34FN5O4S.C19H22ClN3O3S.C9H13FN2O.3CHF3O3S.2H2S.Sc/c1-19-17-27(2,3)33(18-19)25-21(26(35)32-39(36,37)20-8-6-5-7-9-20)10-11-23(30-25)34-22(29)16-24(31-34)38-15-14-28(4)12-13-28;1-13-11-19(2,3)23(12-13)17-15(9-10-16(20)21-17)18(24)22-27(25,26)14-7-5-4-6-8-14;1-9(2-3-9)4-5-13-8-6-7(10)11-12-8;3*2-1(3,4)8(5,6)7;;;/h5-11,16,19H,12-15,17-18H2,1-4H3,(H,32,35);4-10,13H,11-12H2,1-3H3,(H,22,24);6H,2-5H2,1H3,(H,11,12);3*(H,5,6,7);2*1H2;/t19-;13-;;;;;;;/m00......./s1. The summed E-state index contributed by atoms with van der Waals surface area (Å²) in [4.78, 5) is 39.2. The number of H-pyrrole nitrogens is 1. The van der Waals surface area contributed by atoms with Gasteiger partial charge in [0.2, 0.25) is 23.7 Å². The summed E-state index contributed by atoms with van der Waals surface area (Å²) in [5, 5.41) is 10.3. The van der Waals surface area contributed by atoms with Crippen molar-refractivity contribution < 1.29 is 149 Å². The number of aromatic amines is 1. The van der Waals surface area contributed by atoms with Gasteiger partial charge in [0.15, 0.2) is 5.82 Å². The van der Waals surface area contributed by atoms with E-state index in [9.17, 15) is 74.7 Å². The summed E-state index contributed by atoms with van der Waals surface area (Å²) in [6.45, 7) is 19.3. The van der Waals surface area contributed by atoms with Crippen LogP contribution in [-0.4, -0.2) is 151 Å². The average molecular weight is 1710 g/mol. The van der Waals surface area contributed by atoms with Crippen molar-refractivity contribution in [1.82, 2.24) is 39.4 Å². The Balaban J connectivity index is 0.000000490. The number of hydrogen-bond acceptors (Lipinski definition) is 20. The fraction of sp³-hybridized carbons (Fsp3) is 0.492. The number of amides is 2. The zero-order chi connectivity index (χ0) is 78.1. The number of hydrogen-bond donors (Lipinski definition) is 6. The van der Waals surface area contributed by atoms with Gasteiger partial charge in [0.25, 0.3) is 31.9 Å². The van der Waals surface area contributed by atoms with Gasteiger partial charge in [-0.1, -0.05) is 75.7 Å². The topological polar surface area (TPSA) is 387 Å². The second kappa shape index (κ2) is 37.2. The molecule has 10 rings (SSSR count). The molecular weight excluding hydrogens is 1630 g/mol. The van der Waals surface area contributed by atoms with Gasteiger partial charge < -0.3 is 19.3 Å². The second-order valence-corrected chi connectivity index (χ2v) is 33.8. The number of aromatic nitrogens is 6. The van der Waals surface area contributed by atoms with Crippen LogP contribution < -0.4 is 28.7 Å². The molecule has 4 aromatic heterocycles. The summed E-state index contributed by atoms with van der Waals surface area (Å²) in [6, 6.07) is 23.8. The van der Waals surface area contributed by atoms with Crippen LogP contribution in [0.3, 0.4) is 0 Å². The van der Waals surface area contributed by atoms with E-state index in [4.69, 9.17) is 60.0 Å². The van der Waals surface area contributed by atoms with Crippen molar-refractivity contribution in [3.8, 4) is 17.6 Å². The zero-order valence-corrected chi connectivity index (χ0v) is 65.9. The van der Waals surface area contributed by atoms with E-state index in [-0.39, 0.29) is 107 Å². The Labute approximate surface area is 641 Å². The molecule has 6 aromatic rings. The second-order valence-electron chi connectivity index (χ2n) is 25.9. The Morgan fingerprint density at radius 3 is 1.24 bits per heavy atom. The first-order valence-corrected chi connectivity index (χ1v) is 37.9. The summed E-state index contributed by atoms with van der Waals surface area (Å²) >= 11 is 6.07. The van der Waals surface area contributed by atoms with Crippen LogP contribution in [0.1, 0.15) is 127 Å². The number of rotatable bonds is 17. The number of nitrogens with one attached hydrogen (secondary N) is 3. The summed E-state index contributed by atoms with van der Waals surface area (Å²) in [5.41, 5.74) is -16.1. The summed E-state index contributed by atoms with van der Waals surface area (Å²) in [5.74, 6) is -0.591. The van der Waals surface area contributed by atoms with Gasteiger partial charge in [0.05, 0.1) is 46.3 Å². The Kier molecular flexibility index (Phi) is 33.7. The van der Waals surface area contributed by atoms with Crippen molar-refractivity contribution in [3.05, 3.63) is 125 Å². The third-order valence-corrected chi connectivity index (χ3v) is 20.4. The minimum Gasteiger partial charge on any atom is -0.477 e. The number of ether oxygens (including phenoxy) is 2. The van der Waals surface area contributed by atoms with E-state index >= 15 is 0 Å². The zero-order valence-electron chi connectivity index (χ0n) is 57.2. The quantitative estimate of drug-likeness (QED) is 0.0214. The molecule has 0 bridgehead atoms. The minimum absolute atomic E-state index is 0. The molecule has 4 fully saturated rings. The molecule has 2 amide bonds. The van der Waals surface area contributed by atoms with Crippen LogP contribution in [0.25, 0.3) is 5.82 Å². The predicted molar refractivity (Wildman–Crippen MR) is 370 cm³/mol. The number of nitrogens with zero attached hydrogens (tertiary/aromatic N) is 7. The number of anilines is 2. The predicted octanol–water partition coefficient (Wildman–Crippen LogP) is 11.7. The number of pyridine rings is 2. The molecular formula is C59H76ClF11N10O17S7Sc. The molecule has 2 aliphatic carbocycles. The van der Waals surface area contributed by atoms with Crippen molar-refractivity contribution in [3.63, 3.8) is 0 Å². The molecule has 106 heavy (non-hydrogen) atoms. The fourth-order valence-electron chi connectivity index (χ4n) is 9.99. The normalized spacial score (nSPS) is 17.5. The van der Waals surface area contributed by atoms with E-state index in [0.29, 0.717) is 60.7 Å². The van der Waals surface area contributed by atoms with Crippen molar-refractivity contribution in [1.29, 1.82) is 0 Å². The van der Waals surface area contributed by atoms with E-state index in [0.717, 1.165) is 30.4 Å². The SMILES string of the molecule is CC1(CCOc2cc(F)[nH]n2)CC1.C[C@@H]1CN(c2nc(-n3nc(OCCC4(C)CC4)cc3F)ccc2C(=O)NS(=O)(=O)c2ccccc2)C(C)(C)C1.C[C@@H]1CN(c2nc(Cl)ccc2C(=O)NS(=O)(=O)c2ccccc2)C(C)(C)C1.O=S(=O)(O)C(F)(F)F.O=S(=O)(O)C(F)(F)F.O=S(=O)(O)C(F)(F)F.S.S.[Sc]. The third-order valence-electron chi connectivity index (χ3n) is 15.8. The van der Waals surface area contributed by atoms with Gasteiger partial charge >= 0.3 is 46.9 Å². The molecule has 6 N–H and O–H groups in total. The van der Waals surface area contributed by atoms with Gasteiger partial charge in [-0.15, -0.1) is 10.2 Å². The molecule has 2 aliphatic heterocycles. The molecule has 0 spiro atoms. The molecule has 2 aromatic carbocycles. The summed E-state index contributed by atoms with van der Waals surface area (Å²) < 4.78 is 267. The number of carbonyl (C=O) groups is 2. The third kappa shape index (κ3) is 28.5. The Morgan fingerprint density at radius 2 is 0.915 bits per heavy atom. The van der Waals surface area contributed by atoms with E-state index in [1.165, 1.54) is 86.3 Å². The van der Waals surface area contributed by atoms with E-state index < -0.39 is 90.6 Å². The maximum Gasteiger partial charge on any atom is 0.522 e. The van der Waals surface area contributed by atoms with Crippen LogP contribution in [0, 0.1) is 34.6 Å². The molecule has 1 radical (unpaired) electrons. The van der Waals surface area contributed by atoms with Crippen molar-refractivity contribution in [2.75, 3.05) is 36.1 Å². The maximum absolute atomic E-state index is 15.0. The van der Waals surface area contributed by atoms with Crippen LogP contribution in [0.4, 0.5) is 59.9 Å². The summed E-state index contributed by atoms with van der Waals surface area (Å²) in [6.07, 6.45) is 8.59. The first-order valence-electron chi connectivity index (χ1n) is 30.2. The van der Waals surface area contributed by atoms with Gasteiger partial charge in [-0.2, -0.15) is 105 Å². The fourth-order valence-corrected chi connectivity index (χ4v) is 12.1. The molecule has 27 nitrogen and oxygen atoms in total. The Hall–Kier alpha value is -5.98. The monoisotopic (exact) mass is 1710 g/mol. The van der Waals surface area contributed by atoms with Gasteiger partial charge in [0.1, 0.15) is 16.8 Å². The maximum atomic E-state index is 15.0. The molecule has 0 unspecified atom stereocenters. The minimum atomic E-state index is -5.84. The molecule has 4 aliphatic rings. The Bertz CT molecular complexity index is 4450. The van der Waals surface area contributed by atoms with Crippen LogP contribution >= 0.6 is 38.6 Å². The molecule has 593 valence electrons. The molecule has 2 saturated heterocycles. The van der Waals surface area contributed by atoms with Crippen LogP contribution in [-0.2, 0) is 76.2 Å². The van der Waals surface area contributed by atoms with E-state index in [2.05, 4.69) is 76.3 Å². The van der Waals surface area contributed by atoms with Crippen molar-refractivity contribution in [2.24, 2.45) is 22.7 Å². The van der Waals surface area contributed by atoms with Gasteiger partial charge in [0, 0.05) is 50.0 Å². The van der Waals surface area contributed by atoms with Crippen LogP contribution in [0.5, 0.6) is 11.8 Å². The first-order chi connectivity index (χ1) is 46.9. The number of sulfonamides is 2. The van der Waals surface area contributed by atoms with Gasteiger partial charge in [-0.3, -0.25) is 23.2 Å². The smallest absolute Gasteiger partial charge is 0.477 e. The Morgan fingerprint density at radius 1 is 0.566 bits per heavy atom.